The number of nitrogens with two attached hydrogens (primary N) is 1. The number of nitrogens with zero attached hydrogens (tertiary/aromatic N) is 4. The molecule has 0 amide bonds. The highest BCUT2D eigenvalue weighted by Gasteiger charge is 2.32. The fourth-order valence-electron chi connectivity index (χ4n) is 3.26. The Hall–Kier alpha value is -1.62. The molecule has 0 saturated carbocycles. The Bertz CT molecular complexity index is 567. The molecule has 20 heavy (non-hydrogen) atoms. The molecule has 1 aliphatic carbocycles. The molecule has 2 N–H and O–H groups in total. The molecule has 0 aliphatic heterocycles. The van der Waals surface area contributed by atoms with Gasteiger partial charge in [0.05, 0.1) is 6.20 Å². The first-order chi connectivity index (χ1) is 9.55. The van der Waals surface area contributed by atoms with Gasteiger partial charge in [0.25, 0.3) is 0 Å². The van der Waals surface area contributed by atoms with E-state index in [0.717, 1.165) is 32.4 Å². The Labute approximate surface area is 119 Å². The van der Waals surface area contributed by atoms with Crippen molar-refractivity contribution in [2.45, 2.75) is 52.2 Å². The van der Waals surface area contributed by atoms with Crippen molar-refractivity contribution in [1.82, 2.24) is 19.6 Å². The van der Waals surface area contributed by atoms with Gasteiger partial charge in [0.15, 0.2) is 0 Å². The summed E-state index contributed by atoms with van der Waals surface area (Å²) in [4.78, 5) is 0. The molecule has 2 aromatic rings. The minimum atomic E-state index is 0.185. The third kappa shape index (κ3) is 2.63. The first kappa shape index (κ1) is 13.4. The molecule has 5 heteroatoms. The van der Waals surface area contributed by atoms with Crippen LogP contribution in [0.15, 0.2) is 24.7 Å². The largest absolute Gasteiger partial charge is 0.351 e. The average molecular weight is 273 g/mol. The molecule has 3 rings (SSSR count). The summed E-state index contributed by atoms with van der Waals surface area (Å²) < 4.78 is 4.25. The van der Waals surface area contributed by atoms with Crippen molar-refractivity contribution < 1.29 is 0 Å². The fraction of sp³-hybridized carbons (Fsp3) is 0.600. The van der Waals surface area contributed by atoms with E-state index in [9.17, 15) is 0 Å². The van der Waals surface area contributed by atoms with Crippen molar-refractivity contribution in [1.29, 1.82) is 0 Å². The zero-order valence-electron chi connectivity index (χ0n) is 12.3. The maximum Gasteiger partial charge on any atom is 0.0692 e. The fourth-order valence-corrected chi connectivity index (χ4v) is 3.26. The minimum Gasteiger partial charge on any atom is -0.351 e. The van der Waals surface area contributed by atoms with Gasteiger partial charge in [-0.1, -0.05) is 19.1 Å². The van der Waals surface area contributed by atoms with Crippen molar-refractivity contribution in [3.8, 4) is 0 Å². The lowest BCUT2D eigenvalue weighted by atomic mass is 9.74. The normalized spacial score (nSPS) is 20.9. The molecular formula is C15H23N5. The van der Waals surface area contributed by atoms with Crippen LogP contribution in [-0.2, 0) is 19.5 Å². The number of aromatic nitrogens is 4. The summed E-state index contributed by atoms with van der Waals surface area (Å²) in [6.45, 7) is 6.53. The first-order valence-electron chi connectivity index (χ1n) is 7.33. The Morgan fingerprint density at radius 2 is 2.20 bits per heavy atom. The Morgan fingerprint density at radius 3 is 2.95 bits per heavy atom. The number of rotatable bonds is 4. The van der Waals surface area contributed by atoms with E-state index in [1.807, 2.05) is 10.9 Å². The maximum atomic E-state index is 6.31. The van der Waals surface area contributed by atoms with Crippen molar-refractivity contribution in [3.63, 3.8) is 0 Å². The average Bonchev–Trinajstić information content (AvgIpc) is 2.98. The van der Waals surface area contributed by atoms with Crippen molar-refractivity contribution in [3.05, 3.63) is 35.9 Å². The summed E-state index contributed by atoms with van der Waals surface area (Å²) in [6.07, 6.45) is 9.06. The van der Waals surface area contributed by atoms with E-state index in [1.54, 1.807) is 6.20 Å². The van der Waals surface area contributed by atoms with Gasteiger partial charge in [-0.2, -0.15) is 0 Å². The van der Waals surface area contributed by atoms with Crippen LogP contribution in [0.2, 0.25) is 0 Å². The highest BCUT2D eigenvalue weighted by molar-refractivity contribution is 5.30. The Balaban J connectivity index is 1.69. The number of fused-ring (bicyclic) bond motifs is 1. The zero-order chi connectivity index (χ0) is 14.2. The summed E-state index contributed by atoms with van der Waals surface area (Å²) in [5.74, 6) is 0. The summed E-state index contributed by atoms with van der Waals surface area (Å²) >= 11 is 0. The van der Waals surface area contributed by atoms with E-state index in [0.29, 0.717) is 5.41 Å². The predicted molar refractivity (Wildman–Crippen MR) is 78.1 cm³/mol. The van der Waals surface area contributed by atoms with Gasteiger partial charge in [0.2, 0.25) is 0 Å². The van der Waals surface area contributed by atoms with Crippen LogP contribution in [0.1, 0.15) is 44.0 Å². The lowest BCUT2D eigenvalue weighted by molar-refractivity contribution is 0.274. The van der Waals surface area contributed by atoms with E-state index in [2.05, 4.69) is 41.0 Å². The molecule has 0 spiro atoms. The van der Waals surface area contributed by atoms with E-state index in [1.165, 1.54) is 11.3 Å². The van der Waals surface area contributed by atoms with Gasteiger partial charge in [0, 0.05) is 37.2 Å². The lowest BCUT2D eigenvalue weighted by Crippen LogP contribution is -2.30. The third-order valence-electron chi connectivity index (χ3n) is 4.19. The van der Waals surface area contributed by atoms with Gasteiger partial charge >= 0.3 is 0 Å². The summed E-state index contributed by atoms with van der Waals surface area (Å²) in [5, 5.41) is 7.82. The van der Waals surface area contributed by atoms with Crippen LogP contribution < -0.4 is 5.73 Å². The molecule has 0 aromatic carbocycles. The molecule has 0 fully saturated rings. The predicted octanol–water partition coefficient (Wildman–Crippen LogP) is 2.14. The SMILES string of the molecule is CC1(C)Cc2c(ccn2CCCn2ccnn2)C(N)C1. The molecule has 0 radical (unpaired) electrons. The molecule has 0 saturated heterocycles. The molecule has 108 valence electrons. The van der Waals surface area contributed by atoms with Crippen LogP contribution in [-0.4, -0.2) is 19.6 Å². The van der Waals surface area contributed by atoms with Gasteiger partial charge in [0.1, 0.15) is 0 Å². The van der Waals surface area contributed by atoms with E-state index in [-0.39, 0.29) is 6.04 Å². The van der Waals surface area contributed by atoms with Gasteiger partial charge in [-0.15, -0.1) is 5.10 Å². The molecular weight excluding hydrogens is 250 g/mol. The standard InChI is InChI=1S/C15H23N5/c1-15(2)10-13(16)12-4-8-19(14(12)11-15)6-3-7-20-9-5-17-18-20/h4-5,8-9,13H,3,6-7,10-11,16H2,1-2H3. The second-order valence-corrected chi connectivity index (χ2v) is 6.58. The van der Waals surface area contributed by atoms with Crippen LogP contribution in [0.25, 0.3) is 0 Å². The monoisotopic (exact) mass is 273 g/mol. The molecule has 1 unspecified atom stereocenters. The Kier molecular flexibility index (Phi) is 3.38. The molecule has 2 aromatic heterocycles. The lowest BCUT2D eigenvalue weighted by Gasteiger charge is -2.34. The topological polar surface area (TPSA) is 61.7 Å². The van der Waals surface area contributed by atoms with Gasteiger partial charge in [-0.25, -0.2) is 0 Å². The smallest absolute Gasteiger partial charge is 0.0692 e. The second kappa shape index (κ2) is 5.05. The van der Waals surface area contributed by atoms with Gasteiger partial charge < -0.3 is 10.3 Å². The third-order valence-corrected chi connectivity index (χ3v) is 4.19. The molecule has 2 heterocycles. The van der Waals surface area contributed by atoms with E-state index in [4.69, 9.17) is 5.73 Å². The van der Waals surface area contributed by atoms with E-state index < -0.39 is 0 Å². The minimum absolute atomic E-state index is 0.185. The van der Waals surface area contributed by atoms with Crippen molar-refractivity contribution in [2.24, 2.45) is 11.1 Å². The van der Waals surface area contributed by atoms with Crippen LogP contribution in [0, 0.1) is 5.41 Å². The molecule has 1 atom stereocenters. The summed E-state index contributed by atoms with van der Waals surface area (Å²) in [7, 11) is 0. The molecule has 5 nitrogen and oxygen atoms in total. The van der Waals surface area contributed by atoms with Crippen LogP contribution in [0.3, 0.4) is 0 Å². The highest BCUT2D eigenvalue weighted by Crippen LogP contribution is 2.39. The highest BCUT2D eigenvalue weighted by atomic mass is 15.4. The van der Waals surface area contributed by atoms with Crippen molar-refractivity contribution in [2.75, 3.05) is 0 Å². The number of hydrogen-bond acceptors (Lipinski definition) is 3. The zero-order valence-corrected chi connectivity index (χ0v) is 12.3. The van der Waals surface area contributed by atoms with Crippen LogP contribution >= 0.6 is 0 Å². The molecule has 0 bridgehead atoms. The van der Waals surface area contributed by atoms with Crippen molar-refractivity contribution >= 4 is 0 Å². The quantitative estimate of drug-likeness (QED) is 0.928. The van der Waals surface area contributed by atoms with Gasteiger partial charge in [-0.05, 0) is 36.3 Å². The van der Waals surface area contributed by atoms with E-state index >= 15 is 0 Å². The van der Waals surface area contributed by atoms with Crippen LogP contribution in [0.4, 0.5) is 0 Å². The molecule has 1 aliphatic rings. The van der Waals surface area contributed by atoms with Gasteiger partial charge in [-0.3, -0.25) is 4.68 Å². The number of hydrogen-bond donors (Lipinski definition) is 1. The first-order valence-corrected chi connectivity index (χ1v) is 7.33. The summed E-state index contributed by atoms with van der Waals surface area (Å²) in [6, 6.07) is 2.38. The maximum absolute atomic E-state index is 6.31. The summed E-state index contributed by atoms with van der Waals surface area (Å²) in [5.41, 5.74) is 9.37. The Morgan fingerprint density at radius 1 is 1.35 bits per heavy atom. The second-order valence-electron chi connectivity index (χ2n) is 6.58. The van der Waals surface area contributed by atoms with Crippen LogP contribution in [0.5, 0.6) is 0 Å². The number of aryl methyl sites for hydroxylation is 2.